The summed E-state index contributed by atoms with van der Waals surface area (Å²) in [5, 5.41) is 0. The summed E-state index contributed by atoms with van der Waals surface area (Å²) in [6, 6.07) is 13.6. The van der Waals surface area contributed by atoms with E-state index < -0.39 is 7.12 Å². The van der Waals surface area contributed by atoms with Crippen molar-refractivity contribution in [2.75, 3.05) is 0 Å². The molecule has 1 aromatic carbocycles. The average Bonchev–Trinajstić information content (AvgIpc) is 3.13. The minimum atomic E-state index is -0.395. The first-order chi connectivity index (χ1) is 14.8. The van der Waals surface area contributed by atoms with Crippen LogP contribution in [0, 0.1) is 23.7 Å². The number of hydrogen-bond acceptors (Lipinski definition) is 3. The van der Waals surface area contributed by atoms with Gasteiger partial charge in [-0.3, -0.25) is 4.98 Å². The van der Waals surface area contributed by atoms with E-state index in [1.54, 1.807) is 5.56 Å². The molecule has 5 aliphatic carbocycles. The topological polar surface area (TPSA) is 31.4 Å². The molecule has 0 atom stereocenters. The molecule has 0 unspecified atom stereocenters. The molecule has 5 fully saturated rings. The normalized spacial score (nSPS) is 38.0. The van der Waals surface area contributed by atoms with E-state index in [-0.39, 0.29) is 16.6 Å². The highest BCUT2D eigenvalue weighted by Crippen LogP contribution is 2.68. The van der Waals surface area contributed by atoms with Crippen LogP contribution < -0.4 is 5.59 Å². The lowest BCUT2D eigenvalue weighted by molar-refractivity contribution is -0.0415. The molecule has 1 spiro atoms. The van der Waals surface area contributed by atoms with Crippen molar-refractivity contribution in [2.45, 2.75) is 76.4 Å². The van der Waals surface area contributed by atoms with Crippen molar-refractivity contribution in [3.05, 3.63) is 47.7 Å². The van der Waals surface area contributed by atoms with Gasteiger partial charge in [0.2, 0.25) is 0 Å². The van der Waals surface area contributed by atoms with Crippen LogP contribution in [0.15, 0.2) is 36.4 Å². The van der Waals surface area contributed by atoms with E-state index in [0.717, 1.165) is 29.3 Å². The van der Waals surface area contributed by atoms with Crippen LogP contribution in [0.5, 0.6) is 0 Å². The quantitative estimate of drug-likeness (QED) is 0.610. The number of hydrogen-bond donors (Lipinski definition) is 0. The van der Waals surface area contributed by atoms with E-state index in [9.17, 15) is 0 Å². The van der Waals surface area contributed by atoms with Gasteiger partial charge in [0.05, 0.1) is 22.5 Å². The van der Waals surface area contributed by atoms with Crippen molar-refractivity contribution in [3.8, 4) is 11.1 Å². The maximum Gasteiger partial charge on any atom is 0.514 e. The maximum absolute atomic E-state index is 6.40. The molecule has 1 aromatic heterocycles. The molecule has 0 radical (unpaired) electrons. The molecular weight excluding hydrogens is 381 g/mol. The molecule has 2 aromatic rings. The Labute approximate surface area is 186 Å². The monoisotopic (exact) mass is 413 g/mol. The van der Waals surface area contributed by atoms with Gasteiger partial charge in [-0.1, -0.05) is 30.3 Å². The third-order valence-corrected chi connectivity index (χ3v) is 9.89. The predicted octanol–water partition coefficient (Wildman–Crippen LogP) is 5.10. The average molecular weight is 413 g/mol. The van der Waals surface area contributed by atoms with Crippen LogP contribution in [0.25, 0.3) is 11.1 Å². The Morgan fingerprint density at radius 1 is 0.774 bits per heavy atom. The minimum absolute atomic E-state index is 0.0962. The van der Waals surface area contributed by atoms with E-state index in [2.05, 4.69) is 64.1 Å². The number of rotatable bonds is 1. The minimum Gasteiger partial charge on any atom is -0.398 e. The lowest BCUT2D eigenvalue weighted by Gasteiger charge is -2.60. The summed E-state index contributed by atoms with van der Waals surface area (Å²) in [5.74, 6) is 3.34. The van der Waals surface area contributed by atoms with Crippen molar-refractivity contribution < 1.29 is 9.31 Å². The van der Waals surface area contributed by atoms with Gasteiger partial charge in [-0.15, -0.1) is 0 Å². The summed E-state index contributed by atoms with van der Waals surface area (Å²) < 4.78 is 12.8. The summed E-state index contributed by atoms with van der Waals surface area (Å²) >= 11 is 0. The lowest BCUT2D eigenvalue weighted by atomic mass is 9.43. The second kappa shape index (κ2) is 5.82. The third kappa shape index (κ3) is 2.26. The summed E-state index contributed by atoms with van der Waals surface area (Å²) in [7, 11) is -0.395. The highest BCUT2D eigenvalue weighted by atomic mass is 16.7. The zero-order valence-electron chi connectivity index (χ0n) is 19.2. The number of nitrogens with zero attached hydrogens (tertiary/aromatic N) is 1. The van der Waals surface area contributed by atoms with E-state index in [1.807, 2.05) is 0 Å². The molecule has 160 valence electrons. The van der Waals surface area contributed by atoms with Crippen molar-refractivity contribution >= 4 is 12.7 Å². The first kappa shape index (κ1) is 18.9. The van der Waals surface area contributed by atoms with E-state index in [0.29, 0.717) is 0 Å². The Balaban J connectivity index is 1.40. The molecule has 0 N–H and O–H groups in total. The fraction of sp³-hybridized carbons (Fsp3) is 0.593. The third-order valence-electron chi connectivity index (χ3n) is 9.89. The molecule has 3 nitrogen and oxygen atoms in total. The fourth-order valence-corrected chi connectivity index (χ4v) is 8.06. The molecule has 1 saturated heterocycles. The van der Waals surface area contributed by atoms with Crippen LogP contribution in [0.3, 0.4) is 0 Å². The number of benzene rings is 1. The van der Waals surface area contributed by atoms with Crippen LogP contribution in [-0.4, -0.2) is 23.3 Å². The number of fused-ring (bicyclic) bond motifs is 3. The summed E-state index contributed by atoms with van der Waals surface area (Å²) in [6.45, 7) is 8.48. The molecule has 31 heavy (non-hydrogen) atoms. The zero-order chi connectivity index (χ0) is 21.2. The first-order valence-corrected chi connectivity index (χ1v) is 12.3. The van der Waals surface area contributed by atoms with Gasteiger partial charge in [-0.05, 0) is 101 Å². The van der Waals surface area contributed by atoms with Crippen LogP contribution in [0.2, 0.25) is 0 Å². The van der Waals surface area contributed by atoms with Crippen molar-refractivity contribution in [3.63, 3.8) is 0 Å². The smallest absolute Gasteiger partial charge is 0.398 e. The van der Waals surface area contributed by atoms with Crippen molar-refractivity contribution in [1.82, 2.24) is 4.98 Å². The van der Waals surface area contributed by atoms with E-state index in [4.69, 9.17) is 14.3 Å². The summed E-state index contributed by atoms with van der Waals surface area (Å²) in [6.07, 6.45) is 6.98. The molecule has 8 rings (SSSR count). The fourth-order valence-electron chi connectivity index (χ4n) is 8.06. The van der Waals surface area contributed by atoms with Gasteiger partial charge in [-0.25, -0.2) is 0 Å². The zero-order valence-corrected chi connectivity index (χ0v) is 19.2. The Kier molecular flexibility index (Phi) is 3.55. The van der Waals surface area contributed by atoms with Crippen LogP contribution in [0.4, 0.5) is 0 Å². The maximum atomic E-state index is 6.40. The summed E-state index contributed by atoms with van der Waals surface area (Å²) in [5.41, 5.74) is 5.99. The second-order valence-electron chi connectivity index (χ2n) is 11.9. The highest BCUT2D eigenvalue weighted by Gasteiger charge is 2.62. The van der Waals surface area contributed by atoms with Gasteiger partial charge in [-0.2, -0.15) is 0 Å². The van der Waals surface area contributed by atoms with E-state index in [1.165, 1.54) is 48.9 Å². The molecule has 0 amide bonds. The molecule has 4 saturated carbocycles. The van der Waals surface area contributed by atoms with Gasteiger partial charge in [0, 0.05) is 11.0 Å². The Hall–Kier alpha value is -1.65. The SMILES string of the molecule is CC1(C)OB(c2ccc3c(n2)C2(c4ccccc4-3)C3CC4CC(C3)CC2C4)OC1(C)C. The molecule has 1 aliphatic heterocycles. The molecule has 2 heterocycles. The molecular formula is C27H32BNO2. The van der Waals surface area contributed by atoms with Gasteiger partial charge < -0.3 is 9.31 Å². The molecule has 4 bridgehead atoms. The van der Waals surface area contributed by atoms with Gasteiger partial charge >= 0.3 is 7.12 Å². The second-order valence-corrected chi connectivity index (χ2v) is 11.9. The standard InChI is InChI=1S/C27H32BNO2/c1-25(2)26(3,4)31-28(30-25)23-10-9-21-20-7-5-6-8-22(20)27(24(21)29-23)18-12-16-11-17(14-18)15-19(27)13-16/h5-10,16-19H,11-15H2,1-4H3. The van der Waals surface area contributed by atoms with Gasteiger partial charge in [0.1, 0.15) is 0 Å². The van der Waals surface area contributed by atoms with Crippen molar-refractivity contribution in [2.24, 2.45) is 23.7 Å². The van der Waals surface area contributed by atoms with Crippen LogP contribution >= 0.6 is 0 Å². The Morgan fingerprint density at radius 2 is 1.39 bits per heavy atom. The Bertz CT molecular complexity index is 1050. The number of aromatic nitrogens is 1. The van der Waals surface area contributed by atoms with Crippen molar-refractivity contribution in [1.29, 1.82) is 0 Å². The largest absolute Gasteiger partial charge is 0.514 e. The number of pyridine rings is 1. The van der Waals surface area contributed by atoms with Crippen LogP contribution in [-0.2, 0) is 14.7 Å². The van der Waals surface area contributed by atoms with E-state index >= 15 is 0 Å². The van der Waals surface area contributed by atoms with Gasteiger partial charge in [0.15, 0.2) is 0 Å². The predicted molar refractivity (Wildman–Crippen MR) is 123 cm³/mol. The first-order valence-electron chi connectivity index (χ1n) is 12.3. The molecule has 4 heteroatoms. The summed E-state index contributed by atoms with van der Waals surface area (Å²) in [4.78, 5) is 5.43. The van der Waals surface area contributed by atoms with Gasteiger partial charge in [0.25, 0.3) is 0 Å². The Morgan fingerprint density at radius 3 is 2.03 bits per heavy atom. The molecule has 6 aliphatic rings. The van der Waals surface area contributed by atoms with Crippen LogP contribution in [0.1, 0.15) is 71.1 Å². The lowest BCUT2D eigenvalue weighted by Crippen LogP contribution is -2.56. The highest BCUT2D eigenvalue weighted by molar-refractivity contribution is 6.61.